The molecule has 0 bridgehead atoms. The molecule has 0 saturated carbocycles. The average molecular weight is 481 g/mol. The Morgan fingerprint density at radius 3 is 2.34 bits per heavy atom. The van der Waals surface area contributed by atoms with Gasteiger partial charge < -0.3 is 10.1 Å². The first-order valence-electron chi connectivity index (χ1n) is 9.90. The summed E-state index contributed by atoms with van der Waals surface area (Å²) < 4.78 is 55.9. The molecule has 2 aromatic carbocycles. The summed E-state index contributed by atoms with van der Waals surface area (Å²) in [6, 6.07) is 10.9. The average Bonchev–Trinajstić information content (AvgIpc) is 3.05. The van der Waals surface area contributed by atoms with Crippen LogP contribution < -0.4 is 10.0 Å². The van der Waals surface area contributed by atoms with Crippen LogP contribution in [0.3, 0.4) is 0 Å². The number of hydrogen-bond acceptors (Lipinski definition) is 7. The minimum Gasteiger partial charge on any atom is -0.459 e. The number of carbonyl (C=O) groups is 2. The molecule has 11 heteroatoms. The molecule has 2 N–H and O–H groups in total. The lowest BCUT2D eigenvalue weighted by molar-refractivity contribution is 0.0378. The first-order chi connectivity index (χ1) is 14.9. The van der Waals surface area contributed by atoms with Crippen molar-refractivity contribution in [1.29, 1.82) is 0 Å². The van der Waals surface area contributed by atoms with E-state index in [2.05, 4.69) is 10.0 Å². The third-order valence-corrected chi connectivity index (χ3v) is 7.97. The Hall–Kier alpha value is -2.76. The second kappa shape index (κ2) is 9.39. The van der Waals surface area contributed by atoms with E-state index >= 15 is 0 Å². The first kappa shape index (κ1) is 23.9. The van der Waals surface area contributed by atoms with Crippen molar-refractivity contribution in [2.24, 2.45) is 0 Å². The van der Waals surface area contributed by atoms with Crippen molar-refractivity contribution in [3.05, 3.63) is 59.7 Å². The number of rotatable bonds is 7. The first-order valence-corrected chi connectivity index (χ1v) is 13.2. The standard InChI is InChI=1S/C21H24N2O7S2/c1-14(2)30-21(25)15-6-8-17(9-7-15)22-20(24)16-4-3-5-19(12-16)32(28,29)23-18-10-11-31(26,27)13-18/h3-9,12,14,18,23H,10-11,13H2,1-2H3,(H,22,24). The SMILES string of the molecule is CC(C)OC(=O)c1ccc(NC(=O)c2cccc(S(=O)(=O)NC3CCS(=O)(=O)C3)c2)cc1. The second-order valence-corrected chi connectivity index (χ2v) is 11.7. The zero-order valence-corrected chi connectivity index (χ0v) is 19.2. The Labute approximate surface area is 187 Å². The maximum Gasteiger partial charge on any atom is 0.338 e. The molecule has 1 saturated heterocycles. The number of hydrogen-bond donors (Lipinski definition) is 2. The van der Waals surface area contributed by atoms with Gasteiger partial charge in [-0.15, -0.1) is 0 Å². The van der Waals surface area contributed by atoms with Crippen molar-refractivity contribution in [1.82, 2.24) is 4.72 Å². The molecule has 1 fully saturated rings. The van der Waals surface area contributed by atoms with Crippen molar-refractivity contribution >= 4 is 37.4 Å². The number of carbonyl (C=O) groups excluding carboxylic acids is 2. The fraction of sp³-hybridized carbons (Fsp3) is 0.333. The van der Waals surface area contributed by atoms with Gasteiger partial charge >= 0.3 is 5.97 Å². The van der Waals surface area contributed by atoms with Gasteiger partial charge in [0, 0.05) is 17.3 Å². The normalized spacial score (nSPS) is 17.8. The Morgan fingerprint density at radius 2 is 1.75 bits per heavy atom. The van der Waals surface area contributed by atoms with Crippen molar-refractivity contribution in [3.63, 3.8) is 0 Å². The van der Waals surface area contributed by atoms with Crippen LogP contribution in [0.2, 0.25) is 0 Å². The molecule has 0 spiro atoms. The van der Waals surface area contributed by atoms with Crippen LogP contribution in [0.15, 0.2) is 53.4 Å². The monoisotopic (exact) mass is 480 g/mol. The van der Waals surface area contributed by atoms with Gasteiger partial charge in [0.05, 0.1) is 28.1 Å². The zero-order chi connectivity index (χ0) is 23.5. The number of sulfonamides is 1. The molecule has 1 aliphatic rings. The molecule has 1 aliphatic heterocycles. The molecular formula is C21H24N2O7S2. The fourth-order valence-corrected chi connectivity index (χ4v) is 6.25. The van der Waals surface area contributed by atoms with Gasteiger partial charge in [0.15, 0.2) is 9.84 Å². The van der Waals surface area contributed by atoms with Crippen molar-refractivity contribution in [2.45, 2.75) is 37.3 Å². The van der Waals surface area contributed by atoms with Crippen LogP contribution in [-0.2, 0) is 24.6 Å². The predicted molar refractivity (Wildman–Crippen MR) is 119 cm³/mol. The van der Waals surface area contributed by atoms with Crippen LogP contribution >= 0.6 is 0 Å². The van der Waals surface area contributed by atoms with Gasteiger partial charge in [-0.25, -0.2) is 26.4 Å². The summed E-state index contributed by atoms with van der Waals surface area (Å²) in [5, 5.41) is 2.64. The molecule has 1 heterocycles. The molecular weight excluding hydrogens is 456 g/mol. The Morgan fingerprint density at radius 1 is 1.06 bits per heavy atom. The molecule has 172 valence electrons. The zero-order valence-electron chi connectivity index (χ0n) is 17.6. The molecule has 1 amide bonds. The highest BCUT2D eigenvalue weighted by molar-refractivity contribution is 7.92. The molecule has 1 atom stereocenters. The minimum absolute atomic E-state index is 0.0589. The lowest BCUT2D eigenvalue weighted by atomic mass is 10.2. The van der Waals surface area contributed by atoms with Gasteiger partial charge in [-0.1, -0.05) is 6.07 Å². The van der Waals surface area contributed by atoms with Gasteiger partial charge in [-0.05, 0) is 62.7 Å². The van der Waals surface area contributed by atoms with Crippen molar-refractivity contribution < 1.29 is 31.2 Å². The summed E-state index contributed by atoms with van der Waals surface area (Å²) in [5.74, 6) is -1.31. The third kappa shape index (κ3) is 6.15. The fourth-order valence-electron chi connectivity index (χ4n) is 3.15. The van der Waals surface area contributed by atoms with Gasteiger partial charge in [0.25, 0.3) is 5.91 Å². The van der Waals surface area contributed by atoms with E-state index in [-0.39, 0.29) is 34.5 Å². The molecule has 0 aliphatic carbocycles. The lowest BCUT2D eigenvalue weighted by Crippen LogP contribution is -2.35. The Bertz CT molecular complexity index is 1220. The Kier molecular flexibility index (Phi) is 7.01. The summed E-state index contributed by atoms with van der Waals surface area (Å²) >= 11 is 0. The molecule has 9 nitrogen and oxygen atoms in total. The van der Waals surface area contributed by atoms with Crippen LogP contribution in [0.25, 0.3) is 0 Å². The second-order valence-electron chi connectivity index (χ2n) is 7.73. The van der Waals surface area contributed by atoms with E-state index in [4.69, 9.17) is 4.74 Å². The number of amides is 1. The maximum absolute atomic E-state index is 12.6. The molecule has 3 rings (SSSR count). The quantitative estimate of drug-likeness (QED) is 0.578. The van der Waals surface area contributed by atoms with Crippen molar-refractivity contribution in [3.8, 4) is 0 Å². The molecule has 1 unspecified atom stereocenters. The Balaban J connectivity index is 1.69. The van der Waals surface area contributed by atoms with Crippen molar-refractivity contribution in [2.75, 3.05) is 16.8 Å². The highest BCUT2D eigenvalue weighted by Crippen LogP contribution is 2.18. The van der Waals surface area contributed by atoms with E-state index in [1.165, 1.54) is 48.5 Å². The van der Waals surface area contributed by atoms with Crippen LogP contribution in [-0.4, -0.2) is 52.4 Å². The van der Waals surface area contributed by atoms with Gasteiger partial charge in [-0.3, -0.25) is 4.79 Å². The summed E-state index contributed by atoms with van der Waals surface area (Å²) in [7, 11) is -7.23. The van der Waals surface area contributed by atoms with E-state index < -0.39 is 37.8 Å². The number of benzene rings is 2. The highest BCUT2D eigenvalue weighted by Gasteiger charge is 2.31. The predicted octanol–water partition coefficient (Wildman–Crippen LogP) is 1.97. The van der Waals surface area contributed by atoms with E-state index in [9.17, 15) is 26.4 Å². The molecule has 0 radical (unpaired) electrons. The van der Waals surface area contributed by atoms with Crippen LogP contribution in [0.5, 0.6) is 0 Å². The van der Waals surface area contributed by atoms with Crippen LogP contribution in [0.1, 0.15) is 41.0 Å². The smallest absolute Gasteiger partial charge is 0.338 e. The number of sulfone groups is 1. The van der Waals surface area contributed by atoms with E-state index in [1.807, 2.05) is 0 Å². The summed E-state index contributed by atoms with van der Waals surface area (Å²) in [6.45, 7) is 3.48. The maximum atomic E-state index is 12.6. The molecule has 32 heavy (non-hydrogen) atoms. The summed E-state index contributed by atoms with van der Waals surface area (Å²) in [6.07, 6.45) is -0.0411. The third-order valence-electron chi connectivity index (χ3n) is 4.68. The summed E-state index contributed by atoms with van der Waals surface area (Å²) in [5.41, 5.74) is 0.860. The summed E-state index contributed by atoms with van der Waals surface area (Å²) in [4.78, 5) is 24.3. The topological polar surface area (TPSA) is 136 Å². The highest BCUT2D eigenvalue weighted by atomic mass is 32.2. The molecule has 0 aromatic heterocycles. The van der Waals surface area contributed by atoms with E-state index in [0.29, 0.717) is 11.3 Å². The van der Waals surface area contributed by atoms with Crippen LogP contribution in [0.4, 0.5) is 5.69 Å². The minimum atomic E-state index is -3.99. The number of nitrogens with one attached hydrogen (secondary N) is 2. The number of anilines is 1. The lowest BCUT2D eigenvalue weighted by Gasteiger charge is -2.12. The van der Waals surface area contributed by atoms with E-state index in [1.54, 1.807) is 13.8 Å². The number of ether oxygens (including phenoxy) is 1. The van der Waals surface area contributed by atoms with Gasteiger partial charge in [-0.2, -0.15) is 0 Å². The van der Waals surface area contributed by atoms with Gasteiger partial charge in [0.1, 0.15) is 0 Å². The molecule has 2 aromatic rings. The van der Waals surface area contributed by atoms with Crippen LogP contribution in [0, 0.1) is 0 Å². The number of esters is 1. The van der Waals surface area contributed by atoms with E-state index in [0.717, 1.165) is 0 Å². The van der Waals surface area contributed by atoms with Gasteiger partial charge in [0.2, 0.25) is 10.0 Å². The largest absolute Gasteiger partial charge is 0.459 e.